The minimum Gasteiger partial charge on any atom is -0.352 e. The number of benzene rings is 1. The fourth-order valence-corrected chi connectivity index (χ4v) is 5.70. The molecule has 2 heterocycles. The number of sulfone groups is 1. The molecule has 4 atom stereocenters. The number of hydrogen-bond donors (Lipinski definition) is 2. The SMILES string of the molecule is Cc1c(NC2CC3CC3CC2c2nc(C(C)C)no2)nc[n+](C)c1Nc1ccc(S(C)(=O)=O)cc1F. The lowest BCUT2D eigenvalue weighted by molar-refractivity contribution is -0.660. The van der Waals surface area contributed by atoms with Gasteiger partial charge < -0.3 is 9.84 Å². The van der Waals surface area contributed by atoms with E-state index in [2.05, 4.69) is 25.8 Å². The summed E-state index contributed by atoms with van der Waals surface area (Å²) in [5.74, 6) is 3.80. The molecule has 0 aliphatic heterocycles. The molecule has 0 bridgehead atoms. The molecule has 0 spiro atoms. The van der Waals surface area contributed by atoms with Gasteiger partial charge in [-0.15, -0.1) is 0 Å². The van der Waals surface area contributed by atoms with E-state index in [0.29, 0.717) is 29.4 Å². The topological polar surface area (TPSA) is 114 Å². The fourth-order valence-electron chi connectivity index (χ4n) is 5.07. The molecule has 2 saturated carbocycles. The summed E-state index contributed by atoms with van der Waals surface area (Å²) in [5, 5.41) is 10.9. The Labute approximate surface area is 210 Å². The zero-order chi connectivity index (χ0) is 25.8. The molecule has 36 heavy (non-hydrogen) atoms. The van der Waals surface area contributed by atoms with Crippen molar-refractivity contribution in [2.24, 2.45) is 18.9 Å². The van der Waals surface area contributed by atoms with Crippen LogP contribution in [0.3, 0.4) is 0 Å². The molecule has 192 valence electrons. The first-order valence-electron chi connectivity index (χ1n) is 12.2. The average Bonchev–Trinajstić information content (AvgIpc) is 3.39. The number of nitrogens with one attached hydrogen (secondary N) is 2. The molecule has 0 radical (unpaired) electrons. The Hall–Kier alpha value is -3.08. The predicted octanol–water partition coefficient (Wildman–Crippen LogP) is 4.00. The Morgan fingerprint density at radius 3 is 2.61 bits per heavy atom. The van der Waals surface area contributed by atoms with Gasteiger partial charge in [0.1, 0.15) is 5.69 Å². The fraction of sp³-hybridized carbons (Fsp3) is 0.520. The van der Waals surface area contributed by atoms with E-state index < -0.39 is 15.7 Å². The molecule has 2 aliphatic carbocycles. The van der Waals surface area contributed by atoms with Crippen LogP contribution in [0.25, 0.3) is 0 Å². The van der Waals surface area contributed by atoms with Crippen LogP contribution in [0.15, 0.2) is 33.9 Å². The van der Waals surface area contributed by atoms with Crippen molar-refractivity contribution in [2.45, 2.75) is 62.8 Å². The molecule has 9 nitrogen and oxygen atoms in total. The molecule has 2 N–H and O–H groups in total. The van der Waals surface area contributed by atoms with Crippen molar-refractivity contribution in [3.05, 3.63) is 47.6 Å². The Morgan fingerprint density at radius 1 is 1.19 bits per heavy atom. The van der Waals surface area contributed by atoms with Gasteiger partial charge in [0, 0.05) is 18.2 Å². The van der Waals surface area contributed by atoms with Crippen molar-refractivity contribution in [3.63, 3.8) is 0 Å². The van der Waals surface area contributed by atoms with Crippen molar-refractivity contribution >= 4 is 27.2 Å². The second kappa shape index (κ2) is 9.10. The lowest BCUT2D eigenvalue weighted by Gasteiger charge is -2.29. The Balaban J connectivity index is 1.41. The number of hydrogen-bond acceptors (Lipinski definition) is 8. The summed E-state index contributed by atoms with van der Waals surface area (Å²) >= 11 is 0. The molecule has 0 amide bonds. The highest BCUT2D eigenvalue weighted by atomic mass is 32.2. The van der Waals surface area contributed by atoms with Gasteiger partial charge in [0.2, 0.25) is 23.9 Å². The van der Waals surface area contributed by atoms with Gasteiger partial charge in [-0.05, 0) is 56.2 Å². The van der Waals surface area contributed by atoms with Gasteiger partial charge >= 0.3 is 0 Å². The zero-order valence-corrected chi connectivity index (χ0v) is 21.9. The van der Waals surface area contributed by atoms with Crippen molar-refractivity contribution in [1.82, 2.24) is 15.1 Å². The second-order valence-corrected chi connectivity index (χ2v) is 12.5. The van der Waals surface area contributed by atoms with Gasteiger partial charge in [-0.3, -0.25) is 5.32 Å². The number of halogens is 1. The third-order valence-corrected chi connectivity index (χ3v) is 8.44. The number of aryl methyl sites for hydroxylation is 1. The minimum atomic E-state index is -3.50. The van der Waals surface area contributed by atoms with E-state index in [0.717, 1.165) is 36.6 Å². The molecular formula is C25H32FN6O3S+. The van der Waals surface area contributed by atoms with Gasteiger partial charge in [-0.2, -0.15) is 4.98 Å². The quantitative estimate of drug-likeness (QED) is 0.454. The van der Waals surface area contributed by atoms with E-state index in [9.17, 15) is 12.8 Å². The van der Waals surface area contributed by atoms with E-state index >= 15 is 0 Å². The maximum Gasteiger partial charge on any atom is 0.234 e. The molecular weight excluding hydrogens is 483 g/mol. The van der Waals surface area contributed by atoms with E-state index in [-0.39, 0.29) is 28.5 Å². The first-order chi connectivity index (χ1) is 17.0. The summed E-state index contributed by atoms with van der Waals surface area (Å²) in [5.41, 5.74) is 0.998. The number of aromatic nitrogens is 4. The number of nitrogens with zero attached hydrogens (tertiary/aromatic N) is 4. The van der Waals surface area contributed by atoms with E-state index in [1.807, 2.05) is 27.8 Å². The summed E-state index contributed by atoms with van der Waals surface area (Å²) in [4.78, 5) is 9.24. The Kier molecular flexibility index (Phi) is 6.22. The first-order valence-corrected chi connectivity index (χ1v) is 14.1. The molecule has 1 aromatic carbocycles. The molecule has 2 aliphatic rings. The molecule has 2 fully saturated rings. The van der Waals surface area contributed by atoms with Crippen molar-refractivity contribution < 1.29 is 21.9 Å². The van der Waals surface area contributed by atoms with Crippen LogP contribution in [-0.4, -0.2) is 35.8 Å². The van der Waals surface area contributed by atoms with Crippen LogP contribution in [0.5, 0.6) is 0 Å². The van der Waals surface area contributed by atoms with Gasteiger partial charge in [-0.1, -0.05) is 24.0 Å². The van der Waals surface area contributed by atoms with Crippen molar-refractivity contribution in [3.8, 4) is 0 Å². The third-order valence-electron chi connectivity index (χ3n) is 7.33. The van der Waals surface area contributed by atoms with Gasteiger partial charge in [-0.25, -0.2) is 17.4 Å². The highest BCUT2D eigenvalue weighted by Gasteiger charge is 2.49. The number of fused-ring (bicyclic) bond motifs is 1. The maximum atomic E-state index is 14.8. The largest absolute Gasteiger partial charge is 0.352 e. The third kappa shape index (κ3) is 4.80. The van der Waals surface area contributed by atoms with Crippen LogP contribution in [0.2, 0.25) is 0 Å². The van der Waals surface area contributed by atoms with E-state index in [1.165, 1.54) is 18.6 Å². The average molecular weight is 516 g/mol. The highest BCUT2D eigenvalue weighted by Crippen LogP contribution is 2.54. The first kappa shape index (κ1) is 24.6. The van der Waals surface area contributed by atoms with Crippen LogP contribution in [0.1, 0.15) is 62.2 Å². The van der Waals surface area contributed by atoms with Crippen LogP contribution >= 0.6 is 0 Å². The summed E-state index contributed by atoms with van der Waals surface area (Å²) in [7, 11) is -1.68. The van der Waals surface area contributed by atoms with Crippen LogP contribution < -0.4 is 15.2 Å². The molecule has 3 aromatic rings. The molecule has 5 rings (SSSR count). The Morgan fingerprint density at radius 2 is 1.94 bits per heavy atom. The summed E-state index contributed by atoms with van der Waals surface area (Å²) in [6, 6.07) is 3.95. The molecule has 4 unspecified atom stereocenters. The van der Waals surface area contributed by atoms with Gasteiger partial charge in [0.25, 0.3) is 0 Å². The van der Waals surface area contributed by atoms with Crippen LogP contribution in [-0.2, 0) is 16.9 Å². The van der Waals surface area contributed by atoms with Crippen LogP contribution in [0.4, 0.5) is 21.7 Å². The summed E-state index contributed by atoms with van der Waals surface area (Å²) in [6.45, 7) is 6.01. The highest BCUT2D eigenvalue weighted by molar-refractivity contribution is 7.90. The summed E-state index contributed by atoms with van der Waals surface area (Å²) in [6.07, 6.45) is 5.96. The van der Waals surface area contributed by atoms with Crippen LogP contribution in [0, 0.1) is 24.6 Å². The van der Waals surface area contributed by atoms with Crippen molar-refractivity contribution in [2.75, 3.05) is 16.9 Å². The van der Waals surface area contributed by atoms with E-state index in [1.54, 1.807) is 10.9 Å². The monoisotopic (exact) mass is 515 g/mol. The van der Waals surface area contributed by atoms with Gasteiger partial charge in [0.05, 0.1) is 23.4 Å². The molecule has 0 saturated heterocycles. The second-order valence-electron chi connectivity index (χ2n) is 10.4. The molecule has 11 heteroatoms. The number of rotatable bonds is 7. The van der Waals surface area contributed by atoms with Gasteiger partial charge in [0.15, 0.2) is 21.5 Å². The predicted molar refractivity (Wildman–Crippen MR) is 132 cm³/mol. The molecule has 2 aromatic heterocycles. The van der Waals surface area contributed by atoms with Crippen molar-refractivity contribution in [1.29, 1.82) is 0 Å². The normalized spacial score (nSPS) is 23.4. The zero-order valence-electron chi connectivity index (χ0n) is 21.1. The standard InChI is InChI=1S/C25H31FN6O3S/c1-13(2)22-30-25(35-31-22)18-9-15-8-16(15)10-21(18)28-23-14(3)24(32(4)12-27-23)29-20-7-6-17(11-19(20)26)36(5,33)34/h6-7,11-13,15-16,18,21H,8-10H2,1-5H3,(H,28,29)/p+1. The lowest BCUT2D eigenvalue weighted by Crippen LogP contribution is -2.36. The smallest absolute Gasteiger partial charge is 0.234 e. The lowest BCUT2D eigenvalue weighted by atomic mass is 9.84. The minimum absolute atomic E-state index is 0.0629. The number of anilines is 3. The maximum absolute atomic E-state index is 14.8. The summed E-state index contributed by atoms with van der Waals surface area (Å²) < 4.78 is 45.7. The van der Waals surface area contributed by atoms with E-state index in [4.69, 9.17) is 4.52 Å². The Bertz CT molecular complexity index is 1410.